The van der Waals surface area contributed by atoms with Crippen LogP contribution < -0.4 is 5.32 Å². The fraction of sp³-hybridized carbons (Fsp3) is 0.308. The van der Waals surface area contributed by atoms with Gasteiger partial charge in [-0.2, -0.15) is 15.5 Å². The predicted molar refractivity (Wildman–Crippen MR) is 138 cm³/mol. The first-order valence-electron chi connectivity index (χ1n) is 12.0. The molecule has 11 heteroatoms. The molecule has 0 spiro atoms. The van der Waals surface area contributed by atoms with Gasteiger partial charge < -0.3 is 10.1 Å². The molecule has 0 unspecified atom stereocenters. The molecule has 0 saturated heterocycles. The number of nitrogens with zero attached hydrogens (tertiary/aromatic N) is 7. The average Bonchev–Trinajstić information content (AvgIpc) is 3.60. The number of aromatic nitrogens is 6. The van der Waals surface area contributed by atoms with Gasteiger partial charge in [-0.3, -0.25) is 0 Å². The first kappa shape index (κ1) is 24.5. The Kier molecular flexibility index (Phi) is 6.63. The summed E-state index contributed by atoms with van der Waals surface area (Å²) in [5, 5.41) is 22.2. The maximum absolute atomic E-state index is 12.4. The molecule has 0 atom stereocenters. The van der Waals surface area contributed by atoms with Crippen LogP contribution in [0.4, 0.5) is 11.6 Å². The van der Waals surface area contributed by atoms with Crippen LogP contribution in [0.3, 0.4) is 0 Å². The molecule has 3 heterocycles. The number of anilines is 2. The van der Waals surface area contributed by atoms with Crippen molar-refractivity contribution in [3.63, 3.8) is 0 Å². The topological polar surface area (TPSA) is 124 Å². The Morgan fingerprint density at radius 1 is 1.22 bits per heavy atom. The molecule has 5 rings (SSSR count). The van der Waals surface area contributed by atoms with E-state index in [4.69, 9.17) is 26.7 Å². The molecular formula is C26H25ClN8O2. The molecule has 1 aliphatic carbocycles. The van der Waals surface area contributed by atoms with Gasteiger partial charge >= 0.3 is 5.97 Å². The fourth-order valence-corrected chi connectivity index (χ4v) is 4.43. The molecule has 10 nitrogen and oxygen atoms in total. The molecule has 1 fully saturated rings. The number of carbonyl (C=O) groups is 1. The zero-order valence-corrected chi connectivity index (χ0v) is 21.5. The lowest BCUT2D eigenvalue weighted by atomic mass is 10.1. The molecule has 1 N–H and O–H groups in total. The number of hydrogen-bond donors (Lipinski definition) is 1. The summed E-state index contributed by atoms with van der Waals surface area (Å²) in [7, 11) is 0. The first-order valence-corrected chi connectivity index (χ1v) is 12.4. The molecule has 37 heavy (non-hydrogen) atoms. The van der Waals surface area contributed by atoms with Gasteiger partial charge in [-0.05, 0) is 51.7 Å². The Bertz CT molecular complexity index is 1510. The molecule has 1 aliphatic rings. The standard InChI is InChI=1S/C26H25ClN8O2/c1-4-37-26(36)22-15(2)32-35(16(22)3)21-11-20(29-14-30-21)31-25-23(27)24(33-34(25)13-18-5-6-18)19-9-7-17(12-28)8-10-19/h7-11,14,18H,4-6,13H2,1-3H3,(H,29,30,31). The van der Waals surface area contributed by atoms with Gasteiger partial charge in [-0.25, -0.2) is 24.1 Å². The Balaban J connectivity index is 1.49. The van der Waals surface area contributed by atoms with Crippen molar-refractivity contribution in [2.75, 3.05) is 11.9 Å². The highest BCUT2D eigenvalue weighted by atomic mass is 35.5. The maximum atomic E-state index is 12.4. The van der Waals surface area contributed by atoms with Crippen molar-refractivity contribution in [1.82, 2.24) is 29.5 Å². The number of esters is 1. The number of ether oxygens (including phenoxy) is 1. The van der Waals surface area contributed by atoms with Crippen LogP contribution in [0, 0.1) is 31.1 Å². The van der Waals surface area contributed by atoms with Crippen molar-refractivity contribution in [3.05, 3.63) is 64.2 Å². The van der Waals surface area contributed by atoms with E-state index in [0.717, 1.165) is 24.9 Å². The molecule has 0 aliphatic heterocycles. The Morgan fingerprint density at radius 3 is 2.65 bits per heavy atom. The molecule has 3 aromatic heterocycles. The van der Waals surface area contributed by atoms with Crippen LogP contribution in [-0.2, 0) is 11.3 Å². The van der Waals surface area contributed by atoms with Gasteiger partial charge in [0.25, 0.3) is 0 Å². The van der Waals surface area contributed by atoms with Crippen LogP contribution in [-0.4, -0.2) is 42.1 Å². The summed E-state index contributed by atoms with van der Waals surface area (Å²) in [6.45, 7) is 6.34. The third-order valence-electron chi connectivity index (χ3n) is 6.20. The minimum Gasteiger partial charge on any atom is -0.462 e. The van der Waals surface area contributed by atoms with E-state index in [9.17, 15) is 4.79 Å². The SMILES string of the molecule is CCOC(=O)c1c(C)nn(-c2cc(Nc3c(Cl)c(-c4ccc(C#N)cc4)nn3CC3CC3)ncn2)c1C. The van der Waals surface area contributed by atoms with E-state index in [1.807, 2.05) is 16.8 Å². The fourth-order valence-electron chi connectivity index (χ4n) is 4.14. The maximum Gasteiger partial charge on any atom is 0.341 e. The second-order valence-corrected chi connectivity index (χ2v) is 9.27. The molecule has 0 amide bonds. The van der Waals surface area contributed by atoms with Crippen LogP contribution in [0.25, 0.3) is 17.1 Å². The number of halogens is 1. The molecule has 1 saturated carbocycles. The van der Waals surface area contributed by atoms with Crippen LogP contribution >= 0.6 is 11.6 Å². The number of hydrogen-bond acceptors (Lipinski definition) is 8. The Morgan fingerprint density at radius 2 is 1.97 bits per heavy atom. The van der Waals surface area contributed by atoms with Gasteiger partial charge in [-0.1, -0.05) is 23.7 Å². The number of nitriles is 1. The van der Waals surface area contributed by atoms with Gasteiger partial charge in [0.1, 0.15) is 34.2 Å². The molecule has 0 bridgehead atoms. The third-order valence-corrected chi connectivity index (χ3v) is 6.56. The number of benzene rings is 1. The normalized spacial score (nSPS) is 12.8. The summed E-state index contributed by atoms with van der Waals surface area (Å²) < 4.78 is 8.65. The lowest BCUT2D eigenvalue weighted by Gasteiger charge is -2.11. The highest BCUT2D eigenvalue weighted by Gasteiger charge is 2.27. The van der Waals surface area contributed by atoms with E-state index >= 15 is 0 Å². The third kappa shape index (κ3) is 4.90. The summed E-state index contributed by atoms with van der Waals surface area (Å²) in [6, 6.07) is 11.0. The van der Waals surface area contributed by atoms with Gasteiger partial charge in [0.2, 0.25) is 0 Å². The lowest BCUT2D eigenvalue weighted by molar-refractivity contribution is 0.0524. The number of aryl methyl sites for hydroxylation is 1. The van der Waals surface area contributed by atoms with Crippen LogP contribution in [0.2, 0.25) is 5.02 Å². The van der Waals surface area contributed by atoms with Crippen molar-refractivity contribution >= 4 is 29.2 Å². The minimum atomic E-state index is -0.415. The van der Waals surface area contributed by atoms with Crippen molar-refractivity contribution in [1.29, 1.82) is 5.26 Å². The van der Waals surface area contributed by atoms with Gasteiger partial charge in [-0.15, -0.1) is 0 Å². The zero-order chi connectivity index (χ0) is 26.1. The second-order valence-electron chi connectivity index (χ2n) is 8.89. The zero-order valence-electron chi connectivity index (χ0n) is 20.7. The summed E-state index contributed by atoms with van der Waals surface area (Å²) in [5.74, 6) is 1.76. The largest absolute Gasteiger partial charge is 0.462 e. The van der Waals surface area contributed by atoms with E-state index in [1.54, 1.807) is 43.7 Å². The van der Waals surface area contributed by atoms with E-state index in [-0.39, 0.29) is 6.61 Å². The first-order chi connectivity index (χ1) is 17.9. The van der Waals surface area contributed by atoms with Crippen LogP contribution in [0.15, 0.2) is 36.7 Å². The quantitative estimate of drug-likeness (QED) is 0.324. The summed E-state index contributed by atoms with van der Waals surface area (Å²) in [6.07, 6.45) is 3.73. The van der Waals surface area contributed by atoms with Crippen molar-refractivity contribution in [2.24, 2.45) is 5.92 Å². The second kappa shape index (κ2) is 10.0. The van der Waals surface area contributed by atoms with Gasteiger partial charge in [0.05, 0.1) is 29.6 Å². The molecule has 188 valence electrons. The summed E-state index contributed by atoms with van der Waals surface area (Å²) >= 11 is 6.84. The summed E-state index contributed by atoms with van der Waals surface area (Å²) in [5.41, 5.74) is 3.62. The number of nitrogens with one attached hydrogen (secondary N) is 1. The van der Waals surface area contributed by atoms with E-state index in [0.29, 0.717) is 56.6 Å². The van der Waals surface area contributed by atoms with Crippen molar-refractivity contribution in [2.45, 2.75) is 40.2 Å². The van der Waals surface area contributed by atoms with E-state index < -0.39 is 5.97 Å². The average molecular weight is 517 g/mol. The van der Waals surface area contributed by atoms with E-state index in [2.05, 4.69) is 26.5 Å². The molecule has 4 aromatic rings. The predicted octanol–water partition coefficient (Wildman–Crippen LogP) is 5.00. The highest BCUT2D eigenvalue weighted by molar-refractivity contribution is 6.35. The smallest absolute Gasteiger partial charge is 0.341 e. The highest BCUT2D eigenvalue weighted by Crippen LogP contribution is 2.38. The molecule has 1 aromatic carbocycles. The van der Waals surface area contributed by atoms with E-state index in [1.165, 1.54) is 6.33 Å². The summed E-state index contributed by atoms with van der Waals surface area (Å²) in [4.78, 5) is 21.1. The molecule has 0 radical (unpaired) electrons. The van der Waals surface area contributed by atoms with Crippen molar-refractivity contribution < 1.29 is 9.53 Å². The molecular weight excluding hydrogens is 492 g/mol. The monoisotopic (exact) mass is 516 g/mol. The number of carbonyl (C=O) groups excluding carboxylic acids is 1. The lowest BCUT2D eigenvalue weighted by Crippen LogP contribution is -2.09. The Labute approximate surface area is 218 Å². The van der Waals surface area contributed by atoms with Gasteiger partial charge in [0, 0.05) is 18.2 Å². The minimum absolute atomic E-state index is 0.282. The van der Waals surface area contributed by atoms with Crippen LogP contribution in [0.5, 0.6) is 0 Å². The number of rotatable bonds is 8. The Hall–Kier alpha value is -4.23. The van der Waals surface area contributed by atoms with Gasteiger partial charge in [0.15, 0.2) is 5.82 Å². The van der Waals surface area contributed by atoms with Crippen molar-refractivity contribution in [3.8, 4) is 23.1 Å². The van der Waals surface area contributed by atoms with Crippen LogP contribution in [0.1, 0.15) is 47.1 Å².